The number of ether oxygens (including phenoxy) is 1. The Morgan fingerprint density at radius 1 is 1.52 bits per heavy atom. The molecule has 7 nitrogen and oxygen atoms in total. The van der Waals surface area contributed by atoms with Gasteiger partial charge in [0.15, 0.2) is 0 Å². The van der Waals surface area contributed by atoms with Crippen molar-refractivity contribution in [3.8, 4) is 0 Å². The molecule has 1 aromatic rings. The lowest BCUT2D eigenvalue weighted by Crippen LogP contribution is -2.49. The van der Waals surface area contributed by atoms with Crippen LogP contribution < -0.4 is 10.5 Å². The molecule has 1 fully saturated rings. The third-order valence-electron chi connectivity index (χ3n) is 3.82. The van der Waals surface area contributed by atoms with E-state index in [9.17, 15) is 13.2 Å². The van der Waals surface area contributed by atoms with Crippen molar-refractivity contribution in [1.82, 2.24) is 10.2 Å². The molecule has 8 heteroatoms. The molecule has 0 spiro atoms. The predicted molar refractivity (Wildman–Crippen MR) is 86.4 cm³/mol. The predicted octanol–water partition coefficient (Wildman–Crippen LogP) is 1.22. The molecule has 0 aromatic heterocycles. The van der Waals surface area contributed by atoms with Crippen LogP contribution in [-0.2, 0) is 14.8 Å². The summed E-state index contributed by atoms with van der Waals surface area (Å²) in [7, 11) is -3.76. The summed E-state index contributed by atoms with van der Waals surface area (Å²) in [6, 6.07) is 5.91. The molecule has 1 heterocycles. The number of hydrogen-bond acceptors (Lipinski definition) is 4. The number of benzene rings is 1. The molecule has 1 aromatic carbocycles. The monoisotopic (exact) mass is 341 g/mol. The van der Waals surface area contributed by atoms with Gasteiger partial charge in [0, 0.05) is 13.1 Å². The van der Waals surface area contributed by atoms with E-state index < -0.39 is 10.0 Å². The third-order valence-corrected chi connectivity index (χ3v) is 4.73. The van der Waals surface area contributed by atoms with Gasteiger partial charge in [-0.15, -0.1) is 0 Å². The Morgan fingerprint density at radius 2 is 2.26 bits per heavy atom. The van der Waals surface area contributed by atoms with Crippen LogP contribution in [0.4, 0.5) is 4.79 Å². The summed E-state index contributed by atoms with van der Waals surface area (Å²) >= 11 is 0. The number of urea groups is 1. The Balaban J connectivity index is 2.12. The number of hydrogen-bond donors (Lipinski definition) is 2. The van der Waals surface area contributed by atoms with Crippen molar-refractivity contribution in [1.29, 1.82) is 0 Å². The van der Waals surface area contributed by atoms with Crippen molar-refractivity contribution in [3.05, 3.63) is 29.8 Å². The molecule has 0 bridgehead atoms. The molecule has 23 heavy (non-hydrogen) atoms. The van der Waals surface area contributed by atoms with Crippen LogP contribution in [0.15, 0.2) is 29.2 Å². The van der Waals surface area contributed by atoms with Crippen LogP contribution >= 0.6 is 0 Å². The molecule has 0 aliphatic carbocycles. The number of primary sulfonamides is 1. The Morgan fingerprint density at radius 3 is 2.87 bits per heavy atom. The number of amides is 2. The Kier molecular flexibility index (Phi) is 5.61. The van der Waals surface area contributed by atoms with E-state index in [0.29, 0.717) is 31.7 Å². The number of nitrogens with one attached hydrogen (secondary N) is 1. The first kappa shape index (κ1) is 17.7. The number of carbonyl (C=O) groups excluding carboxylic acids is 1. The summed E-state index contributed by atoms with van der Waals surface area (Å²) in [5.41, 5.74) is 0.716. The molecule has 1 saturated heterocycles. The van der Waals surface area contributed by atoms with E-state index in [2.05, 4.69) is 5.32 Å². The molecule has 2 amide bonds. The van der Waals surface area contributed by atoms with Gasteiger partial charge in [-0.3, -0.25) is 0 Å². The summed E-state index contributed by atoms with van der Waals surface area (Å²) < 4.78 is 28.4. The lowest BCUT2D eigenvalue weighted by molar-refractivity contribution is -0.00389. The van der Waals surface area contributed by atoms with E-state index in [4.69, 9.17) is 9.88 Å². The number of rotatable bonds is 4. The van der Waals surface area contributed by atoms with Gasteiger partial charge in [-0.25, -0.2) is 18.4 Å². The SMILES string of the molecule is CC[C@H](NC(=O)N1CCO[C@@H](C)C1)c1cccc(S(N)(=O)=O)c1. The van der Waals surface area contributed by atoms with Crippen molar-refractivity contribution >= 4 is 16.1 Å². The quantitative estimate of drug-likeness (QED) is 0.859. The van der Waals surface area contributed by atoms with E-state index in [-0.39, 0.29) is 23.1 Å². The maximum atomic E-state index is 12.4. The van der Waals surface area contributed by atoms with Crippen LogP contribution in [0.1, 0.15) is 31.9 Å². The number of nitrogens with two attached hydrogens (primary N) is 1. The fraction of sp³-hybridized carbons (Fsp3) is 0.533. The summed E-state index contributed by atoms with van der Waals surface area (Å²) in [4.78, 5) is 14.1. The van der Waals surface area contributed by atoms with Gasteiger partial charge in [0.2, 0.25) is 10.0 Å². The van der Waals surface area contributed by atoms with Gasteiger partial charge in [-0.1, -0.05) is 19.1 Å². The molecule has 2 rings (SSSR count). The normalized spacial score (nSPS) is 20.1. The highest BCUT2D eigenvalue weighted by molar-refractivity contribution is 7.89. The van der Waals surface area contributed by atoms with E-state index in [0.717, 1.165) is 0 Å². The molecular weight excluding hydrogens is 318 g/mol. The molecular formula is C15H23N3O4S. The second-order valence-electron chi connectivity index (χ2n) is 5.66. The molecule has 1 aliphatic rings. The number of sulfonamides is 1. The first-order chi connectivity index (χ1) is 10.8. The van der Waals surface area contributed by atoms with Crippen molar-refractivity contribution in [2.75, 3.05) is 19.7 Å². The fourth-order valence-corrected chi connectivity index (χ4v) is 3.14. The molecule has 1 aliphatic heterocycles. The number of morpholine rings is 1. The van der Waals surface area contributed by atoms with Gasteiger partial charge in [0.05, 0.1) is 23.6 Å². The largest absolute Gasteiger partial charge is 0.375 e. The van der Waals surface area contributed by atoms with E-state index >= 15 is 0 Å². The van der Waals surface area contributed by atoms with Crippen molar-refractivity contribution in [2.45, 2.75) is 37.3 Å². The minimum Gasteiger partial charge on any atom is -0.375 e. The van der Waals surface area contributed by atoms with Crippen LogP contribution in [0.25, 0.3) is 0 Å². The Labute approximate surface area is 136 Å². The van der Waals surface area contributed by atoms with Crippen LogP contribution in [-0.4, -0.2) is 45.1 Å². The average molecular weight is 341 g/mol. The summed E-state index contributed by atoms with van der Waals surface area (Å²) in [6.45, 7) is 5.46. The lowest BCUT2D eigenvalue weighted by Gasteiger charge is -2.32. The Hall–Kier alpha value is -1.64. The topological polar surface area (TPSA) is 102 Å². The zero-order valence-corrected chi connectivity index (χ0v) is 14.2. The number of nitrogens with zero attached hydrogens (tertiary/aromatic N) is 1. The van der Waals surface area contributed by atoms with Gasteiger partial charge in [0.1, 0.15) is 0 Å². The van der Waals surface area contributed by atoms with Gasteiger partial charge in [0.25, 0.3) is 0 Å². The smallest absolute Gasteiger partial charge is 0.318 e. The fourth-order valence-electron chi connectivity index (χ4n) is 2.57. The van der Waals surface area contributed by atoms with E-state index in [1.54, 1.807) is 17.0 Å². The van der Waals surface area contributed by atoms with E-state index in [1.165, 1.54) is 12.1 Å². The summed E-state index contributed by atoms with van der Waals surface area (Å²) in [5.74, 6) is 0. The standard InChI is InChI=1S/C15H23N3O4S/c1-3-14(12-5-4-6-13(9-12)23(16,20)21)17-15(19)18-7-8-22-11(2)10-18/h4-6,9,11,14H,3,7-8,10H2,1-2H3,(H,17,19)(H2,16,20,21)/t11-,14-/m0/s1. The maximum absolute atomic E-state index is 12.4. The zero-order chi connectivity index (χ0) is 17.0. The molecule has 2 atom stereocenters. The van der Waals surface area contributed by atoms with Gasteiger partial charge in [-0.2, -0.15) is 0 Å². The summed E-state index contributed by atoms with van der Waals surface area (Å²) in [6.07, 6.45) is 0.653. The highest BCUT2D eigenvalue weighted by Gasteiger charge is 2.23. The second-order valence-corrected chi connectivity index (χ2v) is 7.22. The number of carbonyl (C=O) groups is 1. The van der Waals surface area contributed by atoms with Crippen LogP contribution in [0.3, 0.4) is 0 Å². The van der Waals surface area contributed by atoms with Crippen molar-refractivity contribution in [2.24, 2.45) is 5.14 Å². The minimum absolute atomic E-state index is 0.0142. The van der Waals surface area contributed by atoms with Crippen LogP contribution in [0.2, 0.25) is 0 Å². The lowest BCUT2D eigenvalue weighted by atomic mass is 10.0. The third kappa shape index (κ3) is 4.66. The Bertz CT molecular complexity index is 662. The zero-order valence-electron chi connectivity index (χ0n) is 13.4. The highest BCUT2D eigenvalue weighted by Crippen LogP contribution is 2.20. The highest BCUT2D eigenvalue weighted by atomic mass is 32.2. The van der Waals surface area contributed by atoms with Gasteiger partial charge >= 0.3 is 6.03 Å². The maximum Gasteiger partial charge on any atom is 0.318 e. The molecule has 128 valence electrons. The summed E-state index contributed by atoms with van der Waals surface area (Å²) in [5, 5.41) is 8.11. The molecule has 0 radical (unpaired) electrons. The van der Waals surface area contributed by atoms with Crippen molar-refractivity contribution < 1.29 is 17.9 Å². The van der Waals surface area contributed by atoms with Gasteiger partial charge in [-0.05, 0) is 31.0 Å². The second kappa shape index (κ2) is 7.29. The molecule has 0 unspecified atom stereocenters. The van der Waals surface area contributed by atoms with Crippen LogP contribution in [0.5, 0.6) is 0 Å². The molecule has 3 N–H and O–H groups in total. The minimum atomic E-state index is -3.76. The van der Waals surface area contributed by atoms with Crippen molar-refractivity contribution in [3.63, 3.8) is 0 Å². The first-order valence-electron chi connectivity index (χ1n) is 7.61. The average Bonchev–Trinajstić information content (AvgIpc) is 2.51. The van der Waals surface area contributed by atoms with E-state index in [1.807, 2.05) is 13.8 Å². The van der Waals surface area contributed by atoms with Gasteiger partial charge < -0.3 is 15.0 Å². The first-order valence-corrected chi connectivity index (χ1v) is 9.15. The van der Waals surface area contributed by atoms with Crippen LogP contribution in [0, 0.1) is 0 Å². The molecule has 0 saturated carbocycles.